The molecule has 1 N–H and O–H groups in total. The zero-order chi connectivity index (χ0) is 18.6. The van der Waals surface area contributed by atoms with E-state index >= 15 is 0 Å². The largest absolute Gasteiger partial charge is 0.380 e. The highest BCUT2D eigenvalue weighted by molar-refractivity contribution is 5.44. The van der Waals surface area contributed by atoms with Crippen molar-refractivity contribution in [3.05, 3.63) is 55.0 Å². The first kappa shape index (κ1) is 17.4. The Morgan fingerprint density at radius 3 is 2.96 bits per heavy atom. The number of aryl methyl sites for hydroxylation is 1. The maximum absolute atomic E-state index is 5.60. The number of imidazole rings is 1. The fourth-order valence-electron chi connectivity index (χ4n) is 3.40. The Bertz CT molecular complexity index is 883. The number of nitrogens with zero attached hydrogens (tertiary/aromatic N) is 6. The molecule has 140 valence electrons. The Morgan fingerprint density at radius 2 is 2.19 bits per heavy atom. The van der Waals surface area contributed by atoms with Gasteiger partial charge < -0.3 is 15.0 Å². The van der Waals surface area contributed by atoms with Crippen LogP contribution in [-0.2, 0) is 4.74 Å². The van der Waals surface area contributed by atoms with E-state index in [1.54, 1.807) is 26.0 Å². The summed E-state index contributed by atoms with van der Waals surface area (Å²) in [7, 11) is 1.76. The summed E-state index contributed by atoms with van der Waals surface area (Å²) in [5.74, 6) is 2.61. The SMILES string of the molecule is CO[C@@H]1C[C@H](CNc2cccc(-n3ccnc3)n2)N(c2cc(C)ncn2)C1. The highest BCUT2D eigenvalue weighted by Crippen LogP contribution is 2.26. The third-order valence-electron chi connectivity index (χ3n) is 4.82. The van der Waals surface area contributed by atoms with Gasteiger partial charge in [-0.3, -0.25) is 4.57 Å². The minimum atomic E-state index is 0.192. The number of nitrogens with one attached hydrogen (secondary N) is 1. The van der Waals surface area contributed by atoms with Gasteiger partial charge in [-0.2, -0.15) is 0 Å². The standard InChI is InChI=1S/C19H23N7O/c1-14-8-19(23-12-22-14)26-11-16(27-2)9-15(26)10-21-17-4-3-5-18(24-17)25-7-6-20-13-25/h3-8,12-13,15-16H,9-11H2,1-2H3,(H,21,24)/t15-,16-/m1/s1. The lowest BCUT2D eigenvalue weighted by molar-refractivity contribution is 0.118. The monoisotopic (exact) mass is 365 g/mol. The summed E-state index contributed by atoms with van der Waals surface area (Å²) in [5.41, 5.74) is 0.960. The summed E-state index contributed by atoms with van der Waals surface area (Å²) in [4.78, 5) is 19.7. The molecule has 8 nitrogen and oxygen atoms in total. The molecule has 1 aliphatic rings. The molecule has 1 saturated heterocycles. The average molecular weight is 365 g/mol. The van der Waals surface area contributed by atoms with Crippen molar-refractivity contribution in [2.75, 3.05) is 30.4 Å². The number of hydrogen-bond donors (Lipinski definition) is 1. The van der Waals surface area contributed by atoms with E-state index in [0.29, 0.717) is 0 Å². The van der Waals surface area contributed by atoms with Gasteiger partial charge in [-0.15, -0.1) is 0 Å². The number of anilines is 2. The molecule has 1 aliphatic heterocycles. The average Bonchev–Trinajstić information content (AvgIpc) is 3.36. The molecular weight excluding hydrogens is 342 g/mol. The van der Waals surface area contributed by atoms with Gasteiger partial charge in [0.1, 0.15) is 30.1 Å². The predicted molar refractivity (Wildman–Crippen MR) is 103 cm³/mol. The number of methoxy groups -OCH3 is 1. The highest BCUT2D eigenvalue weighted by atomic mass is 16.5. The molecule has 4 heterocycles. The summed E-state index contributed by atoms with van der Waals surface area (Å²) in [6.45, 7) is 3.55. The van der Waals surface area contributed by atoms with Crippen LogP contribution >= 0.6 is 0 Å². The van der Waals surface area contributed by atoms with Crippen molar-refractivity contribution < 1.29 is 4.74 Å². The zero-order valence-corrected chi connectivity index (χ0v) is 15.5. The Kier molecular flexibility index (Phi) is 4.97. The van der Waals surface area contributed by atoms with E-state index in [4.69, 9.17) is 4.74 Å². The molecule has 0 amide bonds. The summed E-state index contributed by atoms with van der Waals surface area (Å²) >= 11 is 0. The van der Waals surface area contributed by atoms with E-state index in [1.807, 2.05) is 42.0 Å². The Balaban J connectivity index is 1.48. The summed E-state index contributed by atoms with van der Waals surface area (Å²) < 4.78 is 7.49. The van der Waals surface area contributed by atoms with Crippen LogP contribution in [-0.4, -0.2) is 56.8 Å². The zero-order valence-electron chi connectivity index (χ0n) is 15.5. The lowest BCUT2D eigenvalue weighted by Crippen LogP contribution is -2.35. The maximum atomic E-state index is 5.60. The van der Waals surface area contributed by atoms with Gasteiger partial charge in [0.2, 0.25) is 0 Å². The molecular formula is C19H23N7O. The first-order valence-corrected chi connectivity index (χ1v) is 9.00. The molecule has 0 radical (unpaired) electrons. The molecule has 0 aromatic carbocycles. The Morgan fingerprint density at radius 1 is 1.26 bits per heavy atom. The van der Waals surface area contributed by atoms with Crippen molar-refractivity contribution in [1.29, 1.82) is 0 Å². The lowest BCUT2D eigenvalue weighted by atomic mass is 10.2. The summed E-state index contributed by atoms with van der Waals surface area (Å²) in [5, 5.41) is 3.46. The third-order valence-corrected chi connectivity index (χ3v) is 4.82. The van der Waals surface area contributed by atoms with Crippen molar-refractivity contribution in [3.8, 4) is 5.82 Å². The summed E-state index contributed by atoms with van der Waals surface area (Å²) in [6, 6.07) is 8.20. The number of ether oxygens (including phenoxy) is 1. The molecule has 0 spiro atoms. The van der Waals surface area contributed by atoms with Crippen molar-refractivity contribution in [1.82, 2.24) is 24.5 Å². The van der Waals surface area contributed by atoms with Crippen LogP contribution in [0.2, 0.25) is 0 Å². The van der Waals surface area contributed by atoms with Crippen LogP contribution in [0, 0.1) is 6.92 Å². The van der Waals surface area contributed by atoms with Crippen molar-refractivity contribution in [3.63, 3.8) is 0 Å². The minimum Gasteiger partial charge on any atom is -0.380 e. The Labute approximate surface area is 158 Å². The number of hydrogen-bond acceptors (Lipinski definition) is 7. The number of aromatic nitrogens is 5. The van der Waals surface area contributed by atoms with Crippen LogP contribution in [0.4, 0.5) is 11.6 Å². The fraction of sp³-hybridized carbons (Fsp3) is 0.368. The van der Waals surface area contributed by atoms with Gasteiger partial charge in [0, 0.05) is 44.4 Å². The molecule has 0 bridgehead atoms. The van der Waals surface area contributed by atoms with Crippen LogP contribution in [0.1, 0.15) is 12.1 Å². The first-order chi connectivity index (χ1) is 13.2. The van der Waals surface area contributed by atoms with Crippen LogP contribution < -0.4 is 10.2 Å². The number of pyridine rings is 1. The molecule has 2 atom stereocenters. The second-order valence-corrected chi connectivity index (χ2v) is 6.65. The van der Waals surface area contributed by atoms with Crippen molar-refractivity contribution in [2.45, 2.75) is 25.5 Å². The predicted octanol–water partition coefficient (Wildman–Crippen LogP) is 2.07. The van der Waals surface area contributed by atoms with Crippen molar-refractivity contribution >= 4 is 11.6 Å². The molecule has 3 aromatic rings. The van der Waals surface area contributed by atoms with E-state index in [2.05, 4.69) is 30.2 Å². The molecule has 1 fully saturated rings. The fourth-order valence-corrected chi connectivity index (χ4v) is 3.40. The molecule has 3 aromatic heterocycles. The summed E-state index contributed by atoms with van der Waals surface area (Å²) in [6.07, 6.45) is 8.11. The van der Waals surface area contributed by atoms with Gasteiger partial charge in [-0.25, -0.2) is 19.9 Å². The molecule has 8 heteroatoms. The smallest absolute Gasteiger partial charge is 0.140 e. The van der Waals surface area contributed by atoms with E-state index in [9.17, 15) is 0 Å². The van der Waals surface area contributed by atoms with E-state index < -0.39 is 0 Å². The van der Waals surface area contributed by atoms with Gasteiger partial charge in [0.25, 0.3) is 0 Å². The van der Waals surface area contributed by atoms with Crippen LogP contribution in [0.15, 0.2) is 49.3 Å². The van der Waals surface area contributed by atoms with Gasteiger partial charge in [-0.1, -0.05) is 6.07 Å². The molecule has 4 rings (SSSR count). The van der Waals surface area contributed by atoms with Crippen molar-refractivity contribution in [2.24, 2.45) is 0 Å². The van der Waals surface area contributed by atoms with Crippen LogP contribution in [0.5, 0.6) is 0 Å². The van der Waals surface area contributed by atoms with E-state index in [0.717, 1.165) is 42.7 Å². The van der Waals surface area contributed by atoms with E-state index in [-0.39, 0.29) is 12.1 Å². The first-order valence-electron chi connectivity index (χ1n) is 9.00. The quantitative estimate of drug-likeness (QED) is 0.716. The van der Waals surface area contributed by atoms with Gasteiger partial charge in [0.15, 0.2) is 0 Å². The minimum absolute atomic E-state index is 0.192. The number of rotatable bonds is 6. The normalized spacial score (nSPS) is 19.4. The molecule has 0 unspecified atom stereocenters. The second-order valence-electron chi connectivity index (χ2n) is 6.65. The molecule has 0 aliphatic carbocycles. The topological polar surface area (TPSA) is 81.0 Å². The van der Waals surface area contributed by atoms with Gasteiger partial charge >= 0.3 is 0 Å². The van der Waals surface area contributed by atoms with E-state index in [1.165, 1.54) is 0 Å². The second kappa shape index (κ2) is 7.71. The highest BCUT2D eigenvalue weighted by Gasteiger charge is 2.33. The molecule has 27 heavy (non-hydrogen) atoms. The molecule has 0 saturated carbocycles. The Hall–Kier alpha value is -3.00. The third kappa shape index (κ3) is 3.90. The van der Waals surface area contributed by atoms with Gasteiger partial charge in [0.05, 0.1) is 12.1 Å². The van der Waals surface area contributed by atoms with Gasteiger partial charge in [-0.05, 0) is 25.5 Å². The maximum Gasteiger partial charge on any atom is 0.140 e. The van der Waals surface area contributed by atoms with Crippen LogP contribution in [0.3, 0.4) is 0 Å². The van der Waals surface area contributed by atoms with Crippen LogP contribution in [0.25, 0.3) is 5.82 Å². The lowest BCUT2D eigenvalue weighted by Gasteiger charge is -2.26.